The number of hydrogen-bond donors (Lipinski definition) is 0. The summed E-state index contributed by atoms with van der Waals surface area (Å²) >= 11 is 0. The molecule has 0 rings (SSSR count). The first-order chi connectivity index (χ1) is 8.83. The minimum atomic E-state index is -3.35. The molecule has 0 saturated heterocycles. The molecule has 0 aliphatic heterocycles. The molecule has 0 spiro atoms. The third-order valence-corrected chi connectivity index (χ3v) is 3.75. The maximum absolute atomic E-state index is 10.9. The molecule has 0 radical (unpaired) electrons. The molecule has 0 aliphatic carbocycles. The fourth-order valence-electron chi connectivity index (χ4n) is 0.784. The first-order valence-electron chi connectivity index (χ1n) is 5.26. The fraction of sp³-hybridized carbons (Fsp3) is 0.600. The van der Waals surface area contributed by atoms with Gasteiger partial charge in [0.1, 0.15) is 0 Å². The standard InChI is InChI=1S/C10H18O7S2/c1-3-18(11,12)9-16-7-5-15-6-8-17-10-19(13,14)4-2/h3-4H,1-2,5-10H2. The number of sulfone groups is 2. The van der Waals surface area contributed by atoms with E-state index in [0.717, 1.165) is 10.8 Å². The summed E-state index contributed by atoms with van der Waals surface area (Å²) in [6, 6.07) is 0. The molecule has 0 saturated carbocycles. The summed E-state index contributed by atoms with van der Waals surface area (Å²) in [7, 11) is -6.71. The molecule has 112 valence electrons. The summed E-state index contributed by atoms with van der Waals surface area (Å²) in [6.07, 6.45) is 0. The Hall–Kier alpha value is -0.740. The molecule has 0 amide bonds. The van der Waals surface area contributed by atoms with E-state index in [4.69, 9.17) is 14.2 Å². The van der Waals surface area contributed by atoms with Gasteiger partial charge in [-0.05, 0) is 0 Å². The van der Waals surface area contributed by atoms with Crippen molar-refractivity contribution in [2.75, 3.05) is 38.3 Å². The smallest absolute Gasteiger partial charge is 0.194 e. The first kappa shape index (κ1) is 18.3. The van der Waals surface area contributed by atoms with E-state index < -0.39 is 31.6 Å². The van der Waals surface area contributed by atoms with Crippen molar-refractivity contribution >= 4 is 19.7 Å². The van der Waals surface area contributed by atoms with Gasteiger partial charge in [-0.2, -0.15) is 0 Å². The molecule has 0 aromatic carbocycles. The van der Waals surface area contributed by atoms with Crippen LogP contribution in [-0.4, -0.2) is 55.1 Å². The van der Waals surface area contributed by atoms with Crippen LogP contribution in [0.2, 0.25) is 0 Å². The van der Waals surface area contributed by atoms with Crippen LogP contribution in [-0.2, 0) is 33.9 Å². The minimum Gasteiger partial charge on any atom is -0.377 e. The van der Waals surface area contributed by atoms with Crippen molar-refractivity contribution in [1.82, 2.24) is 0 Å². The molecule has 0 aromatic heterocycles. The van der Waals surface area contributed by atoms with E-state index in [-0.39, 0.29) is 26.4 Å². The van der Waals surface area contributed by atoms with E-state index in [2.05, 4.69) is 13.2 Å². The fourth-order valence-corrected chi connectivity index (χ4v) is 1.68. The second-order valence-corrected chi connectivity index (χ2v) is 7.11. The van der Waals surface area contributed by atoms with E-state index >= 15 is 0 Å². The highest BCUT2D eigenvalue weighted by atomic mass is 32.2. The van der Waals surface area contributed by atoms with E-state index in [0.29, 0.717) is 0 Å². The van der Waals surface area contributed by atoms with Gasteiger partial charge in [-0.15, -0.1) is 0 Å². The SMILES string of the molecule is C=CS(=O)(=O)COCCOCCOCS(=O)(=O)C=C. The highest BCUT2D eigenvalue weighted by molar-refractivity contribution is 7.94. The lowest BCUT2D eigenvalue weighted by Crippen LogP contribution is -2.14. The highest BCUT2D eigenvalue weighted by Crippen LogP contribution is 1.93. The van der Waals surface area contributed by atoms with Gasteiger partial charge in [-0.25, -0.2) is 16.8 Å². The Morgan fingerprint density at radius 2 is 1.00 bits per heavy atom. The normalized spacial score (nSPS) is 12.2. The largest absolute Gasteiger partial charge is 0.377 e. The molecular weight excluding hydrogens is 296 g/mol. The molecule has 0 atom stereocenters. The van der Waals surface area contributed by atoms with Crippen molar-refractivity contribution in [3.63, 3.8) is 0 Å². The predicted molar refractivity (Wildman–Crippen MR) is 70.7 cm³/mol. The predicted octanol–water partition coefficient (Wildman–Crippen LogP) is 0.0678. The molecular formula is C10H18O7S2. The summed E-state index contributed by atoms with van der Waals surface area (Å²) < 4.78 is 58.4. The molecule has 0 bridgehead atoms. The summed E-state index contributed by atoms with van der Waals surface area (Å²) in [5.74, 6) is -0.873. The highest BCUT2D eigenvalue weighted by Gasteiger charge is 2.05. The second-order valence-electron chi connectivity index (χ2n) is 3.32. The number of rotatable bonds is 12. The Balaban J connectivity index is 3.43. The van der Waals surface area contributed by atoms with Gasteiger partial charge in [0.25, 0.3) is 0 Å². The van der Waals surface area contributed by atoms with Crippen LogP contribution in [0.15, 0.2) is 24.0 Å². The number of hydrogen-bond acceptors (Lipinski definition) is 7. The van der Waals surface area contributed by atoms with Crippen LogP contribution in [0.1, 0.15) is 0 Å². The zero-order valence-electron chi connectivity index (χ0n) is 10.5. The number of ether oxygens (including phenoxy) is 3. The van der Waals surface area contributed by atoms with Gasteiger partial charge in [0.15, 0.2) is 31.6 Å². The van der Waals surface area contributed by atoms with Crippen LogP contribution in [0.4, 0.5) is 0 Å². The Bertz CT molecular complexity index is 420. The molecule has 0 fully saturated rings. The third-order valence-electron chi connectivity index (χ3n) is 1.75. The van der Waals surface area contributed by atoms with Crippen LogP contribution in [0.25, 0.3) is 0 Å². The Labute approximate surface area is 113 Å². The van der Waals surface area contributed by atoms with E-state index in [1.54, 1.807) is 0 Å². The maximum atomic E-state index is 10.9. The van der Waals surface area contributed by atoms with E-state index in [1.165, 1.54) is 0 Å². The van der Waals surface area contributed by atoms with Crippen LogP contribution in [0.3, 0.4) is 0 Å². The molecule has 0 unspecified atom stereocenters. The Kier molecular flexibility index (Phi) is 8.85. The second kappa shape index (κ2) is 9.21. The van der Waals surface area contributed by atoms with Crippen molar-refractivity contribution in [3.8, 4) is 0 Å². The van der Waals surface area contributed by atoms with Crippen molar-refractivity contribution in [2.24, 2.45) is 0 Å². The molecule has 7 nitrogen and oxygen atoms in total. The molecule has 0 aromatic rings. The van der Waals surface area contributed by atoms with Crippen LogP contribution in [0, 0.1) is 0 Å². The lowest BCUT2D eigenvalue weighted by atomic mass is 10.7. The van der Waals surface area contributed by atoms with Gasteiger partial charge >= 0.3 is 0 Å². The van der Waals surface area contributed by atoms with E-state index in [1.807, 2.05) is 0 Å². The third kappa shape index (κ3) is 10.8. The molecule has 9 heteroatoms. The Morgan fingerprint density at radius 3 is 1.32 bits per heavy atom. The van der Waals surface area contributed by atoms with Crippen molar-refractivity contribution in [1.29, 1.82) is 0 Å². The topological polar surface area (TPSA) is 96.0 Å². The van der Waals surface area contributed by atoms with E-state index in [9.17, 15) is 16.8 Å². The minimum absolute atomic E-state index is 0.109. The molecule has 0 heterocycles. The van der Waals surface area contributed by atoms with Gasteiger partial charge in [-0.3, -0.25) is 0 Å². The Morgan fingerprint density at radius 1 is 0.684 bits per heavy atom. The summed E-state index contributed by atoms with van der Waals surface area (Å²) in [5.41, 5.74) is 0. The van der Waals surface area contributed by atoms with Crippen molar-refractivity contribution in [2.45, 2.75) is 0 Å². The summed E-state index contributed by atoms with van der Waals surface area (Å²) in [6.45, 7) is 6.86. The van der Waals surface area contributed by atoms with Crippen LogP contribution < -0.4 is 0 Å². The van der Waals surface area contributed by atoms with Gasteiger partial charge in [0.2, 0.25) is 0 Å². The first-order valence-corrected chi connectivity index (χ1v) is 8.69. The average Bonchev–Trinajstić information content (AvgIpc) is 2.36. The quantitative estimate of drug-likeness (QED) is 0.470. The monoisotopic (exact) mass is 314 g/mol. The molecule has 0 aliphatic rings. The lowest BCUT2D eigenvalue weighted by molar-refractivity contribution is 0.0313. The van der Waals surface area contributed by atoms with Crippen molar-refractivity contribution in [3.05, 3.63) is 24.0 Å². The van der Waals surface area contributed by atoms with Gasteiger partial charge < -0.3 is 14.2 Å². The zero-order valence-corrected chi connectivity index (χ0v) is 12.1. The van der Waals surface area contributed by atoms with Gasteiger partial charge in [-0.1, -0.05) is 13.2 Å². The summed E-state index contributed by atoms with van der Waals surface area (Å²) in [5, 5.41) is 1.64. The zero-order chi connectivity index (χ0) is 14.8. The molecule has 19 heavy (non-hydrogen) atoms. The van der Waals surface area contributed by atoms with Crippen molar-refractivity contribution < 1.29 is 31.0 Å². The van der Waals surface area contributed by atoms with Gasteiger partial charge in [0, 0.05) is 10.8 Å². The summed E-state index contributed by atoms with van der Waals surface area (Å²) in [4.78, 5) is 0. The molecule has 0 N–H and O–H groups in total. The maximum Gasteiger partial charge on any atom is 0.194 e. The lowest BCUT2D eigenvalue weighted by Gasteiger charge is -2.05. The van der Waals surface area contributed by atoms with Crippen LogP contribution in [0.5, 0.6) is 0 Å². The van der Waals surface area contributed by atoms with Crippen LogP contribution >= 0.6 is 0 Å². The average molecular weight is 314 g/mol. The van der Waals surface area contributed by atoms with Gasteiger partial charge in [0.05, 0.1) is 26.4 Å².